The van der Waals surface area contributed by atoms with Gasteiger partial charge in [-0.1, -0.05) is 36.4 Å². The van der Waals surface area contributed by atoms with Crippen LogP contribution in [0.3, 0.4) is 0 Å². The van der Waals surface area contributed by atoms with E-state index in [9.17, 15) is 0 Å². The molecular formula is C14H16N4. The zero-order valence-electron chi connectivity index (χ0n) is 10.1. The van der Waals surface area contributed by atoms with Gasteiger partial charge < -0.3 is 0 Å². The van der Waals surface area contributed by atoms with Crippen LogP contribution >= 0.6 is 0 Å². The van der Waals surface area contributed by atoms with Crippen LogP contribution in [-0.2, 0) is 0 Å². The number of anilines is 2. The normalized spacial score (nSPS) is 15.8. The molecule has 2 aromatic rings. The van der Waals surface area contributed by atoms with Crippen molar-refractivity contribution in [3.05, 3.63) is 60.7 Å². The maximum atomic E-state index is 3.34. The summed E-state index contributed by atoms with van der Waals surface area (Å²) in [4.78, 5) is 0. The van der Waals surface area contributed by atoms with E-state index in [1.54, 1.807) is 0 Å². The predicted molar refractivity (Wildman–Crippen MR) is 73.8 cm³/mol. The molecule has 0 aliphatic carbocycles. The summed E-state index contributed by atoms with van der Waals surface area (Å²) in [5, 5.41) is 4.07. The molecule has 92 valence electrons. The molecule has 18 heavy (non-hydrogen) atoms. The van der Waals surface area contributed by atoms with Crippen LogP contribution in [0.5, 0.6) is 0 Å². The molecule has 1 aliphatic heterocycles. The number of benzene rings is 2. The zero-order chi connectivity index (χ0) is 12.2. The first-order valence-electron chi connectivity index (χ1n) is 6.11. The first-order valence-corrected chi connectivity index (χ1v) is 6.11. The molecule has 4 heteroatoms. The smallest absolute Gasteiger partial charge is 0.0720 e. The molecule has 0 spiro atoms. The average Bonchev–Trinajstić information content (AvgIpc) is 2.49. The monoisotopic (exact) mass is 240 g/mol. The van der Waals surface area contributed by atoms with Gasteiger partial charge in [-0.15, -0.1) is 5.53 Å². The number of hydrogen-bond donors (Lipinski definition) is 2. The molecule has 3 rings (SSSR count). The van der Waals surface area contributed by atoms with E-state index in [-0.39, 0.29) is 0 Å². The number of rotatable bonds is 2. The summed E-state index contributed by atoms with van der Waals surface area (Å²) in [5.41, 5.74) is 8.92. The van der Waals surface area contributed by atoms with E-state index in [0.717, 1.165) is 18.8 Å². The van der Waals surface area contributed by atoms with Crippen molar-refractivity contribution in [2.24, 2.45) is 0 Å². The van der Waals surface area contributed by atoms with E-state index >= 15 is 0 Å². The zero-order valence-corrected chi connectivity index (χ0v) is 10.1. The van der Waals surface area contributed by atoms with Gasteiger partial charge in [-0.3, -0.25) is 5.01 Å². The number of hydrazine groups is 3. The summed E-state index contributed by atoms with van der Waals surface area (Å²) in [6.07, 6.45) is 0. The topological polar surface area (TPSA) is 30.5 Å². The number of para-hydroxylation sites is 2. The maximum Gasteiger partial charge on any atom is 0.0720 e. The highest BCUT2D eigenvalue weighted by atomic mass is 15.9. The van der Waals surface area contributed by atoms with Crippen molar-refractivity contribution in [3.8, 4) is 0 Å². The summed E-state index contributed by atoms with van der Waals surface area (Å²) in [5.74, 6) is 0. The molecule has 0 unspecified atom stereocenters. The quantitative estimate of drug-likeness (QED) is 0.840. The van der Waals surface area contributed by atoms with Crippen LogP contribution in [0.25, 0.3) is 0 Å². The van der Waals surface area contributed by atoms with Crippen LogP contribution < -0.4 is 21.1 Å². The standard InChI is InChI=1S/C14H16N4/c1-3-7-13(8-4-1)17-12-11-15-18(16-17)14-9-5-2-6-10-14/h1-10,15-16H,11-12H2. The van der Waals surface area contributed by atoms with E-state index in [1.807, 2.05) is 41.5 Å². The third kappa shape index (κ3) is 2.30. The Bertz CT molecular complexity index is 440. The first-order chi connectivity index (χ1) is 8.93. The lowest BCUT2D eigenvalue weighted by atomic mass is 10.3. The highest BCUT2D eigenvalue weighted by Gasteiger charge is 2.16. The van der Waals surface area contributed by atoms with Crippen molar-refractivity contribution in [2.45, 2.75) is 0 Å². The molecule has 0 radical (unpaired) electrons. The van der Waals surface area contributed by atoms with Crippen LogP contribution in [0.4, 0.5) is 11.4 Å². The molecule has 1 aliphatic rings. The molecule has 1 fully saturated rings. The van der Waals surface area contributed by atoms with Gasteiger partial charge in [-0.2, -0.15) is 0 Å². The van der Waals surface area contributed by atoms with Gasteiger partial charge in [0.15, 0.2) is 0 Å². The van der Waals surface area contributed by atoms with Gasteiger partial charge in [0.25, 0.3) is 0 Å². The average molecular weight is 240 g/mol. The summed E-state index contributed by atoms with van der Waals surface area (Å²) < 4.78 is 0. The van der Waals surface area contributed by atoms with Crippen LogP contribution in [0.1, 0.15) is 0 Å². The highest BCUT2D eigenvalue weighted by molar-refractivity contribution is 5.49. The fraction of sp³-hybridized carbons (Fsp3) is 0.143. The molecule has 1 heterocycles. The Hall–Kier alpha value is -2.04. The van der Waals surface area contributed by atoms with Gasteiger partial charge in [-0.25, -0.2) is 10.5 Å². The predicted octanol–water partition coefficient (Wildman–Crippen LogP) is 1.94. The van der Waals surface area contributed by atoms with E-state index in [4.69, 9.17) is 0 Å². The minimum absolute atomic E-state index is 0.900. The SMILES string of the molecule is c1ccc(N2CCNN(c3ccccc3)N2)cc1. The Morgan fingerprint density at radius 3 is 2.06 bits per heavy atom. The number of nitrogens with one attached hydrogen (secondary N) is 2. The van der Waals surface area contributed by atoms with Gasteiger partial charge >= 0.3 is 0 Å². The summed E-state index contributed by atoms with van der Waals surface area (Å²) in [6, 6.07) is 20.5. The lowest BCUT2D eigenvalue weighted by Gasteiger charge is -2.39. The second-order valence-corrected chi connectivity index (χ2v) is 4.17. The third-order valence-corrected chi connectivity index (χ3v) is 2.91. The van der Waals surface area contributed by atoms with E-state index < -0.39 is 0 Å². The van der Waals surface area contributed by atoms with Crippen LogP contribution in [-0.4, -0.2) is 13.1 Å². The van der Waals surface area contributed by atoms with Crippen LogP contribution in [0.15, 0.2) is 60.7 Å². The minimum Gasteiger partial charge on any atom is -0.288 e. The van der Waals surface area contributed by atoms with Crippen molar-refractivity contribution in [2.75, 3.05) is 23.2 Å². The molecule has 0 saturated carbocycles. The van der Waals surface area contributed by atoms with E-state index in [0.29, 0.717) is 0 Å². The summed E-state index contributed by atoms with van der Waals surface area (Å²) in [7, 11) is 0. The van der Waals surface area contributed by atoms with E-state index in [1.165, 1.54) is 5.69 Å². The Kier molecular flexibility index (Phi) is 3.12. The fourth-order valence-electron chi connectivity index (χ4n) is 2.00. The summed E-state index contributed by atoms with van der Waals surface area (Å²) in [6.45, 7) is 1.82. The Morgan fingerprint density at radius 1 is 0.778 bits per heavy atom. The highest BCUT2D eigenvalue weighted by Crippen LogP contribution is 2.15. The third-order valence-electron chi connectivity index (χ3n) is 2.91. The van der Waals surface area contributed by atoms with Gasteiger partial charge in [0.1, 0.15) is 0 Å². The van der Waals surface area contributed by atoms with Crippen LogP contribution in [0.2, 0.25) is 0 Å². The first kappa shape index (κ1) is 11.1. The molecule has 0 bridgehead atoms. The lowest BCUT2D eigenvalue weighted by Crippen LogP contribution is -2.63. The van der Waals surface area contributed by atoms with Crippen molar-refractivity contribution in [3.63, 3.8) is 0 Å². The van der Waals surface area contributed by atoms with Crippen molar-refractivity contribution in [1.82, 2.24) is 11.0 Å². The second kappa shape index (κ2) is 5.08. The number of hydrogen-bond acceptors (Lipinski definition) is 4. The molecule has 0 aromatic heterocycles. The molecule has 2 aromatic carbocycles. The van der Waals surface area contributed by atoms with Crippen LogP contribution in [0, 0.1) is 0 Å². The van der Waals surface area contributed by atoms with E-state index in [2.05, 4.69) is 40.2 Å². The van der Waals surface area contributed by atoms with Gasteiger partial charge in [0.05, 0.1) is 17.9 Å². The molecule has 0 amide bonds. The Balaban J connectivity index is 1.77. The molecule has 1 saturated heterocycles. The fourth-order valence-corrected chi connectivity index (χ4v) is 2.00. The molecule has 0 atom stereocenters. The largest absolute Gasteiger partial charge is 0.288 e. The van der Waals surface area contributed by atoms with Crippen molar-refractivity contribution in [1.29, 1.82) is 0 Å². The van der Waals surface area contributed by atoms with Crippen molar-refractivity contribution < 1.29 is 0 Å². The minimum atomic E-state index is 0.900. The van der Waals surface area contributed by atoms with Gasteiger partial charge in [0, 0.05) is 6.54 Å². The van der Waals surface area contributed by atoms with Crippen molar-refractivity contribution >= 4 is 11.4 Å². The second-order valence-electron chi connectivity index (χ2n) is 4.17. The molecule has 2 N–H and O–H groups in total. The molecule has 4 nitrogen and oxygen atoms in total. The van der Waals surface area contributed by atoms with Gasteiger partial charge in [-0.05, 0) is 24.3 Å². The van der Waals surface area contributed by atoms with Gasteiger partial charge in [0.2, 0.25) is 0 Å². The summed E-state index contributed by atoms with van der Waals surface area (Å²) >= 11 is 0. The maximum absolute atomic E-state index is 3.34. The Morgan fingerprint density at radius 2 is 1.39 bits per heavy atom. The lowest BCUT2D eigenvalue weighted by molar-refractivity contribution is 0.441. The molecular weight excluding hydrogens is 224 g/mol. The number of nitrogens with zero attached hydrogens (tertiary/aromatic N) is 2. The Labute approximate surface area is 107 Å².